The maximum absolute atomic E-state index is 13.1. The molecule has 2 aliphatic heterocycles. The van der Waals surface area contributed by atoms with Crippen molar-refractivity contribution in [3.8, 4) is 5.75 Å². The van der Waals surface area contributed by atoms with Crippen molar-refractivity contribution in [2.75, 3.05) is 37.7 Å². The van der Waals surface area contributed by atoms with Crippen molar-refractivity contribution in [1.29, 1.82) is 0 Å². The van der Waals surface area contributed by atoms with Gasteiger partial charge in [-0.2, -0.15) is 0 Å². The average Bonchev–Trinajstić information content (AvgIpc) is 3.30. The molecule has 2 unspecified atom stereocenters. The number of carbonyl (C=O) groups is 2. The second-order valence-corrected chi connectivity index (χ2v) is 6.98. The summed E-state index contributed by atoms with van der Waals surface area (Å²) in [5.41, 5.74) is 0.763. The minimum atomic E-state index is -0.274. The van der Waals surface area contributed by atoms with Crippen molar-refractivity contribution in [3.05, 3.63) is 24.3 Å². The normalized spacial score (nSPS) is 22.7. The topological polar surface area (TPSA) is 61.9 Å². The number of benzene rings is 1. The Labute approximate surface area is 155 Å². The lowest BCUT2D eigenvalue weighted by molar-refractivity contribution is -0.137. The van der Waals surface area contributed by atoms with E-state index in [4.69, 9.17) is 4.74 Å². The molecule has 0 bridgehead atoms. The lowest BCUT2D eigenvalue weighted by Gasteiger charge is -2.30. The highest BCUT2D eigenvalue weighted by Crippen LogP contribution is 2.34. The predicted molar refractivity (Wildman–Crippen MR) is 101 cm³/mol. The SMILES string of the molecule is CCCN(C(=O)C1CC(=O)N(c2ccccc2OCC)C1)C1CCNC1. The van der Waals surface area contributed by atoms with Crippen molar-refractivity contribution >= 4 is 17.5 Å². The quantitative estimate of drug-likeness (QED) is 0.809. The van der Waals surface area contributed by atoms with Gasteiger partial charge in [-0.3, -0.25) is 9.59 Å². The third kappa shape index (κ3) is 3.85. The number of amides is 2. The number of para-hydroxylation sites is 2. The van der Waals surface area contributed by atoms with Crippen molar-refractivity contribution in [2.24, 2.45) is 5.92 Å². The summed E-state index contributed by atoms with van der Waals surface area (Å²) in [6.07, 6.45) is 2.20. The molecule has 2 saturated heterocycles. The van der Waals surface area contributed by atoms with Crippen LogP contribution in [0.15, 0.2) is 24.3 Å². The zero-order valence-electron chi connectivity index (χ0n) is 15.7. The molecular weight excluding hydrogens is 330 g/mol. The van der Waals surface area contributed by atoms with Crippen molar-refractivity contribution in [3.63, 3.8) is 0 Å². The van der Waals surface area contributed by atoms with E-state index in [2.05, 4.69) is 12.2 Å². The van der Waals surface area contributed by atoms with Crippen LogP contribution < -0.4 is 15.0 Å². The summed E-state index contributed by atoms with van der Waals surface area (Å²) in [6, 6.07) is 7.80. The lowest BCUT2D eigenvalue weighted by Crippen LogP contribution is -2.45. The Hall–Kier alpha value is -2.08. The van der Waals surface area contributed by atoms with E-state index < -0.39 is 0 Å². The maximum Gasteiger partial charge on any atom is 0.228 e. The van der Waals surface area contributed by atoms with Crippen LogP contribution >= 0.6 is 0 Å². The van der Waals surface area contributed by atoms with Gasteiger partial charge in [0.15, 0.2) is 0 Å². The molecule has 2 aliphatic rings. The molecule has 2 atom stereocenters. The van der Waals surface area contributed by atoms with Crippen molar-refractivity contribution in [1.82, 2.24) is 10.2 Å². The number of rotatable bonds is 7. The van der Waals surface area contributed by atoms with Gasteiger partial charge in [0.25, 0.3) is 0 Å². The van der Waals surface area contributed by atoms with E-state index in [0.717, 1.165) is 38.2 Å². The Bertz CT molecular complexity index is 643. The van der Waals surface area contributed by atoms with Crippen LogP contribution in [0.3, 0.4) is 0 Å². The summed E-state index contributed by atoms with van der Waals surface area (Å²) >= 11 is 0. The van der Waals surface area contributed by atoms with Crippen LogP contribution in [0.2, 0.25) is 0 Å². The van der Waals surface area contributed by atoms with E-state index in [1.165, 1.54) is 0 Å². The number of carbonyl (C=O) groups excluding carboxylic acids is 2. The van der Waals surface area contributed by atoms with E-state index in [0.29, 0.717) is 18.9 Å². The summed E-state index contributed by atoms with van der Waals surface area (Å²) in [7, 11) is 0. The highest BCUT2D eigenvalue weighted by molar-refractivity contribution is 6.01. The fourth-order valence-electron chi connectivity index (χ4n) is 3.92. The molecule has 0 spiro atoms. The Balaban J connectivity index is 1.75. The van der Waals surface area contributed by atoms with Gasteiger partial charge in [-0.1, -0.05) is 19.1 Å². The molecule has 1 N–H and O–H groups in total. The first-order chi connectivity index (χ1) is 12.7. The summed E-state index contributed by atoms with van der Waals surface area (Å²) in [5.74, 6) is 0.535. The minimum absolute atomic E-state index is 0.00324. The van der Waals surface area contributed by atoms with Gasteiger partial charge in [-0.15, -0.1) is 0 Å². The van der Waals surface area contributed by atoms with Gasteiger partial charge in [-0.05, 0) is 38.4 Å². The number of hydrogen-bond acceptors (Lipinski definition) is 4. The van der Waals surface area contributed by atoms with Crippen molar-refractivity contribution < 1.29 is 14.3 Å². The molecule has 2 fully saturated rings. The van der Waals surface area contributed by atoms with Gasteiger partial charge in [0.05, 0.1) is 18.2 Å². The largest absolute Gasteiger partial charge is 0.492 e. The number of anilines is 1. The number of nitrogens with one attached hydrogen (secondary N) is 1. The van der Waals surface area contributed by atoms with Crippen LogP contribution in [0.25, 0.3) is 0 Å². The standard InChI is InChI=1S/C20H29N3O3/c1-3-11-22(16-9-10-21-13-16)20(25)15-12-19(24)23(14-15)17-7-5-6-8-18(17)26-4-2/h5-8,15-16,21H,3-4,9-14H2,1-2H3. The summed E-state index contributed by atoms with van der Waals surface area (Å²) in [5, 5.41) is 3.33. The number of nitrogens with zero attached hydrogens (tertiary/aromatic N) is 2. The molecule has 142 valence electrons. The maximum atomic E-state index is 13.1. The average molecular weight is 359 g/mol. The first kappa shape index (κ1) is 18.7. The van der Waals surface area contributed by atoms with Gasteiger partial charge in [0.2, 0.25) is 11.8 Å². The van der Waals surface area contributed by atoms with E-state index in [-0.39, 0.29) is 30.2 Å². The van der Waals surface area contributed by atoms with Crippen LogP contribution in [0, 0.1) is 5.92 Å². The molecule has 0 aliphatic carbocycles. The monoisotopic (exact) mass is 359 g/mol. The fourth-order valence-corrected chi connectivity index (χ4v) is 3.92. The first-order valence-corrected chi connectivity index (χ1v) is 9.69. The Morgan fingerprint density at radius 1 is 1.35 bits per heavy atom. The van der Waals surface area contributed by atoms with Crippen LogP contribution in [-0.4, -0.2) is 55.5 Å². The molecule has 6 nitrogen and oxygen atoms in total. The molecule has 0 aromatic heterocycles. The summed E-state index contributed by atoms with van der Waals surface area (Å²) < 4.78 is 5.66. The molecular formula is C20H29N3O3. The van der Waals surface area contributed by atoms with E-state index >= 15 is 0 Å². The lowest BCUT2D eigenvalue weighted by atomic mass is 10.0. The first-order valence-electron chi connectivity index (χ1n) is 9.69. The van der Waals surface area contributed by atoms with Gasteiger partial charge < -0.3 is 19.9 Å². The Morgan fingerprint density at radius 2 is 2.15 bits per heavy atom. The van der Waals surface area contributed by atoms with Gasteiger partial charge in [-0.25, -0.2) is 0 Å². The van der Waals surface area contributed by atoms with E-state index in [9.17, 15) is 9.59 Å². The zero-order valence-corrected chi connectivity index (χ0v) is 15.7. The van der Waals surface area contributed by atoms with Crippen LogP contribution in [0.1, 0.15) is 33.1 Å². The predicted octanol–water partition coefficient (Wildman–Crippen LogP) is 2.04. The third-order valence-electron chi connectivity index (χ3n) is 5.15. The fraction of sp³-hybridized carbons (Fsp3) is 0.600. The smallest absolute Gasteiger partial charge is 0.228 e. The second kappa shape index (κ2) is 8.54. The molecule has 0 saturated carbocycles. The second-order valence-electron chi connectivity index (χ2n) is 6.98. The molecule has 2 heterocycles. The van der Waals surface area contributed by atoms with E-state index in [1.807, 2.05) is 36.1 Å². The summed E-state index contributed by atoms with van der Waals surface area (Å²) in [6.45, 7) is 7.55. The number of ether oxygens (including phenoxy) is 1. The minimum Gasteiger partial charge on any atom is -0.492 e. The van der Waals surface area contributed by atoms with Crippen LogP contribution in [0.4, 0.5) is 5.69 Å². The van der Waals surface area contributed by atoms with Crippen LogP contribution in [-0.2, 0) is 9.59 Å². The van der Waals surface area contributed by atoms with Gasteiger partial charge in [0, 0.05) is 32.1 Å². The molecule has 26 heavy (non-hydrogen) atoms. The molecule has 6 heteroatoms. The van der Waals surface area contributed by atoms with Crippen molar-refractivity contribution in [2.45, 2.75) is 39.2 Å². The number of hydrogen-bond donors (Lipinski definition) is 1. The Kier molecular flexibility index (Phi) is 6.14. The Morgan fingerprint density at radius 3 is 2.85 bits per heavy atom. The summed E-state index contributed by atoms with van der Waals surface area (Å²) in [4.78, 5) is 29.5. The third-order valence-corrected chi connectivity index (χ3v) is 5.15. The molecule has 0 radical (unpaired) electrons. The van der Waals surface area contributed by atoms with E-state index in [1.54, 1.807) is 4.90 Å². The highest BCUT2D eigenvalue weighted by Gasteiger charge is 2.39. The molecule has 2 amide bonds. The zero-order chi connectivity index (χ0) is 18.5. The molecule has 3 rings (SSSR count). The molecule has 1 aromatic rings. The van der Waals surface area contributed by atoms with Gasteiger partial charge >= 0.3 is 0 Å². The highest BCUT2D eigenvalue weighted by atomic mass is 16.5. The van der Waals surface area contributed by atoms with Crippen LogP contribution in [0.5, 0.6) is 5.75 Å². The van der Waals surface area contributed by atoms with Gasteiger partial charge in [0.1, 0.15) is 5.75 Å². The molecule has 1 aromatic carbocycles.